The highest BCUT2D eigenvalue weighted by Gasteiger charge is 2.33. The summed E-state index contributed by atoms with van der Waals surface area (Å²) in [7, 11) is 0. The number of aliphatic hydroxyl groups is 2. The van der Waals surface area contributed by atoms with Crippen LogP contribution < -0.4 is 5.32 Å². The average Bonchev–Trinajstić information content (AvgIpc) is 2.70. The second kappa shape index (κ2) is 6.37. The van der Waals surface area contributed by atoms with Gasteiger partial charge in [0.1, 0.15) is 0 Å². The largest absolute Gasteiger partial charge is 0.390 e. The maximum atomic E-state index is 11.8. The Kier molecular flexibility index (Phi) is 4.80. The lowest BCUT2D eigenvalue weighted by molar-refractivity contribution is -0.122. The summed E-state index contributed by atoms with van der Waals surface area (Å²) in [6.45, 7) is 0. The minimum absolute atomic E-state index is 0.104. The van der Waals surface area contributed by atoms with Crippen molar-refractivity contribution in [3.8, 4) is 0 Å². The van der Waals surface area contributed by atoms with Crippen LogP contribution in [0.2, 0.25) is 5.02 Å². The van der Waals surface area contributed by atoms with E-state index in [1.54, 1.807) is 12.1 Å². The minimum atomic E-state index is -0.848. The fraction of sp³-hybridized carbons (Fsp3) is 0.500. The smallest absolute Gasteiger partial charge is 0.220 e. The van der Waals surface area contributed by atoms with Crippen LogP contribution in [0.15, 0.2) is 24.3 Å². The highest BCUT2D eigenvalue weighted by atomic mass is 35.5. The first-order chi connectivity index (χ1) is 9.06. The van der Waals surface area contributed by atoms with Gasteiger partial charge in [-0.05, 0) is 37.0 Å². The first-order valence-corrected chi connectivity index (χ1v) is 6.84. The SMILES string of the molecule is O=C(CCc1ccc(Cl)cc1)N[C@@H]1CC[C@@H](O)[C@@H]1O. The van der Waals surface area contributed by atoms with Gasteiger partial charge in [0, 0.05) is 11.4 Å². The number of hydrogen-bond donors (Lipinski definition) is 3. The van der Waals surface area contributed by atoms with Crippen molar-refractivity contribution < 1.29 is 15.0 Å². The molecule has 0 saturated heterocycles. The van der Waals surface area contributed by atoms with Gasteiger partial charge in [-0.3, -0.25) is 4.79 Å². The van der Waals surface area contributed by atoms with E-state index in [0.29, 0.717) is 30.7 Å². The number of carbonyl (C=O) groups is 1. The predicted octanol–water partition coefficient (Wildman–Crippen LogP) is 1.27. The third-order valence-corrected chi connectivity index (χ3v) is 3.73. The lowest BCUT2D eigenvalue weighted by atomic mass is 10.1. The molecule has 1 saturated carbocycles. The Labute approximate surface area is 117 Å². The Bertz CT molecular complexity index is 435. The van der Waals surface area contributed by atoms with Gasteiger partial charge in [0.05, 0.1) is 18.2 Å². The molecule has 3 N–H and O–H groups in total. The van der Waals surface area contributed by atoms with E-state index in [4.69, 9.17) is 11.6 Å². The Morgan fingerprint density at radius 3 is 2.53 bits per heavy atom. The lowest BCUT2D eigenvalue weighted by Crippen LogP contribution is -2.43. The van der Waals surface area contributed by atoms with E-state index in [1.165, 1.54) is 0 Å². The standard InChI is InChI=1S/C14H18ClNO3/c15-10-4-1-9(2-5-10)3-8-13(18)16-11-6-7-12(17)14(11)19/h1-2,4-5,11-12,14,17,19H,3,6-8H2,(H,16,18)/t11-,12-,14-/m1/s1. The molecule has 1 aliphatic rings. The number of nitrogens with one attached hydrogen (secondary N) is 1. The predicted molar refractivity (Wildman–Crippen MR) is 73.0 cm³/mol. The normalized spacial score (nSPS) is 26.4. The number of halogens is 1. The van der Waals surface area contributed by atoms with E-state index in [0.717, 1.165) is 5.56 Å². The van der Waals surface area contributed by atoms with Crippen LogP contribution in [-0.2, 0) is 11.2 Å². The molecule has 1 aliphatic carbocycles. The number of aryl methyl sites for hydroxylation is 1. The molecule has 1 amide bonds. The quantitative estimate of drug-likeness (QED) is 0.779. The molecule has 0 heterocycles. The number of rotatable bonds is 4. The van der Waals surface area contributed by atoms with Crippen molar-refractivity contribution in [3.63, 3.8) is 0 Å². The van der Waals surface area contributed by atoms with Crippen molar-refractivity contribution >= 4 is 17.5 Å². The van der Waals surface area contributed by atoms with Gasteiger partial charge in [0.2, 0.25) is 5.91 Å². The zero-order valence-electron chi connectivity index (χ0n) is 10.6. The van der Waals surface area contributed by atoms with Crippen molar-refractivity contribution in [2.45, 2.75) is 43.9 Å². The van der Waals surface area contributed by atoms with Crippen molar-refractivity contribution in [1.82, 2.24) is 5.32 Å². The molecule has 0 radical (unpaired) electrons. The van der Waals surface area contributed by atoms with Gasteiger partial charge in [-0.25, -0.2) is 0 Å². The highest BCUT2D eigenvalue weighted by molar-refractivity contribution is 6.30. The Balaban J connectivity index is 1.77. The van der Waals surface area contributed by atoms with E-state index < -0.39 is 12.2 Å². The van der Waals surface area contributed by atoms with Crippen LogP contribution in [0.3, 0.4) is 0 Å². The van der Waals surface area contributed by atoms with Gasteiger partial charge in [0.15, 0.2) is 0 Å². The maximum absolute atomic E-state index is 11.8. The van der Waals surface area contributed by atoms with Gasteiger partial charge < -0.3 is 15.5 Å². The first kappa shape index (κ1) is 14.3. The van der Waals surface area contributed by atoms with Crippen molar-refractivity contribution in [2.24, 2.45) is 0 Å². The molecule has 0 aromatic heterocycles. The summed E-state index contributed by atoms with van der Waals surface area (Å²) in [5.74, 6) is -0.104. The fourth-order valence-electron chi connectivity index (χ4n) is 2.31. The van der Waals surface area contributed by atoms with Crippen molar-refractivity contribution in [1.29, 1.82) is 0 Å². The monoisotopic (exact) mass is 283 g/mol. The summed E-state index contributed by atoms with van der Waals surface area (Å²) in [6, 6.07) is 7.05. The van der Waals surface area contributed by atoms with Crippen LogP contribution in [0, 0.1) is 0 Å². The molecule has 1 aromatic rings. The Hall–Kier alpha value is -1.10. The molecule has 104 valence electrons. The summed E-state index contributed by atoms with van der Waals surface area (Å²) in [5, 5.41) is 22.5. The second-order valence-corrected chi connectivity index (χ2v) is 5.37. The average molecular weight is 284 g/mol. The van der Waals surface area contributed by atoms with Crippen LogP contribution in [0.25, 0.3) is 0 Å². The molecular formula is C14H18ClNO3. The molecule has 5 heteroatoms. The van der Waals surface area contributed by atoms with E-state index in [9.17, 15) is 15.0 Å². The number of carbonyl (C=O) groups excluding carboxylic acids is 1. The molecule has 0 unspecified atom stereocenters. The molecule has 2 rings (SSSR count). The van der Waals surface area contributed by atoms with Gasteiger partial charge in [-0.2, -0.15) is 0 Å². The summed E-state index contributed by atoms with van der Waals surface area (Å²) in [5.41, 5.74) is 1.05. The lowest BCUT2D eigenvalue weighted by Gasteiger charge is -2.17. The molecular weight excluding hydrogens is 266 g/mol. The van der Waals surface area contributed by atoms with Crippen LogP contribution in [0.5, 0.6) is 0 Å². The van der Waals surface area contributed by atoms with Crippen LogP contribution >= 0.6 is 11.6 Å². The van der Waals surface area contributed by atoms with Gasteiger partial charge in [-0.1, -0.05) is 23.7 Å². The van der Waals surface area contributed by atoms with Gasteiger partial charge >= 0.3 is 0 Å². The summed E-state index contributed by atoms with van der Waals surface area (Å²) < 4.78 is 0. The summed E-state index contributed by atoms with van der Waals surface area (Å²) in [6.07, 6.45) is 0.578. The molecule has 1 fully saturated rings. The molecule has 0 spiro atoms. The molecule has 4 nitrogen and oxygen atoms in total. The second-order valence-electron chi connectivity index (χ2n) is 4.94. The van der Waals surface area contributed by atoms with E-state index in [-0.39, 0.29) is 11.9 Å². The van der Waals surface area contributed by atoms with E-state index in [2.05, 4.69) is 5.32 Å². The topological polar surface area (TPSA) is 69.6 Å². The van der Waals surface area contributed by atoms with Gasteiger partial charge in [-0.15, -0.1) is 0 Å². The molecule has 0 bridgehead atoms. The molecule has 0 aliphatic heterocycles. The molecule has 19 heavy (non-hydrogen) atoms. The highest BCUT2D eigenvalue weighted by Crippen LogP contribution is 2.20. The van der Waals surface area contributed by atoms with E-state index >= 15 is 0 Å². The fourth-order valence-corrected chi connectivity index (χ4v) is 2.43. The zero-order valence-corrected chi connectivity index (χ0v) is 11.3. The molecule has 1 aromatic carbocycles. The summed E-state index contributed by atoms with van der Waals surface area (Å²) >= 11 is 5.79. The first-order valence-electron chi connectivity index (χ1n) is 6.46. The summed E-state index contributed by atoms with van der Waals surface area (Å²) in [4.78, 5) is 11.8. The van der Waals surface area contributed by atoms with Crippen LogP contribution in [-0.4, -0.2) is 34.4 Å². The van der Waals surface area contributed by atoms with Crippen LogP contribution in [0.4, 0.5) is 0 Å². The molecule has 3 atom stereocenters. The number of amides is 1. The zero-order chi connectivity index (χ0) is 13.8. The van der Waals surface area contributed by atoms with E-state index in [1.807, 2.05) is 12.1 Å². The number of benzene rings is 1. The van der Waals surface area contributed by atoms with Crippen LogP contribution in [0.1, 0.15) is 24.8 Å². The van der Waals surface area contributed by atoms with Crippen molar-refractivity contribution in [2.75, 3.05) is 0 Å². The van der Waals surface area contributed by atoms with Crippen molar-refractivity contribution in [3.05, 3.63) is 34.9 Å². The third-order valence-electron chi connectivity index (χ3n) is 3.48. The third kappa shape index (κ3) is 3.93. The number of hydrogen-bond acceptors (Lipinski definition) is 3. The minimum Gasteiger partial charge on any atom is -0.390 e. The Morgan fingerprint density at radius 2 is 1.95 bits per heavy atom. The Morgan fingerprint density at radius 1 is 1.26 bits per heavy atom. The number of aliphatic hydroxyl groups excluding tert-OH is 2. The maximum Gasteiger partial charge on any atom is 0.220 e. The van der Waals surface area contributed by atoms with Gasteiger partial charge in [0.25, 0.3) is 0 Å².